The molecule has 0 aromatic carbocycles. The van der Waals surface area contributed by atoms with Crippen LogP contribution in [-0.2, 0) is 9.47 Å². The van der Waals surface area contributed by atoms with Gasteiger partial charge in [-0.1, -0.05) is 0 Å². The number of carbonyl (C=O) groups is 2. The standard InChI is InChI=1S/C8H16N4O4S/c1-10-7(13)12(6(9)16-3)8(14)11-17-5-4-15-2/h9H,4-5H2,1-3H3,(H,10,13)(H,11,14). The van der Waals surface area contributed by atoms with Crippen LogP contribution in [0.3, 0.4) is 0 Å². The maximum atomic E-state index is 11.6. The molecule has 0 rings (SSSR count). The Hall–Kier alpha value is -1.48. The summed E-state index contributed by atoms with van der Waals surface area (Å²) in [6.07, 6.45) is 0. The number of urea groups is 2. The van der Waals surface area contributed by atoms with Crippen LogP contribution in [0.1, 0.15) is 0 Å². The van der Waals surface area contributed by atoms with Gasteiger partial charge in [-0.15, -0.1) is 0 Å². The van der Waals surface area contributed by atoms with Gasteiger partial charge in [-0.25, -0.2) is 9.59 Å². The van der Waals surface area contributed by atoms with E-state index in [4.69, 9.17) is 10.1 Å². The van der Waals surface area contributed by atoms with Crippen LogP contribution >= 0.6 is 11.9 Å². The second-order valence-electron chi connectivity index (χ2n) is 2.65. The lowest BCUT2D eigenvalue weighted by molar-refractivity contribution is 0.199. The first-order valence-corrected chi connectivity index (χ1v) is 5.62. The third-order valence-electron chi connectivity index (χ3n) is 1.57. The van der Waals surface area contributed by atoms with Gasteiger partial charge in [0.25, 0.3) is 0 Å². The summed E-state index contributed by atoms with van der Waals surface area (Å²) in [7, 11) is 4.09. The lowest BCUT2D eigenvalue weighted by Crippen LogP contribution is -2.49. The minimum atomic E-state index is -0.752. The van der Waals surface area contributed by atoms with E-state index in [1.807, 2.05) is 0 Å². The highest BCUT2D eigenvalue weighted by Gasteiger charge is 2.25. The molecule has 0 aromatic rings. The molecule has 0 unspecified atom stereocenters. The molecule has 3 N–H and O–H groups in total. The Balaban J connectivity index is 4.34. The van der Waals surface area contributed by atoms with E-state index in [0.29, 0.717) is 17.3 Å². The van der Waals surface area contributed by atoms with Gasteiger partial charge in [0.05, 0.1) is 13.7 Å². The molecule has 8 nitrogen and oxygen atoms in total. The molecular weight excluding hydrogens is 248 g/mol. The van der Waals surface area contributed by atoms with Crippen LogP contribution in [0.25, 0.3) is 0 Å². The number of amides is 4. The van der Waals surface area contributed by atoms with Crippen molar-refractivity contribution in [1.82, 2.24) is 14.9 Å². The van der Waals surface area contributed by atoms with E-state index >= 15 is 0 Å². The first-order valence-electron chi connectivity index (χ1n) is 4.63. The number of methoxy groups -OCH3 is 2. The van der Waals surface area contributed by atoms with E-state index in [1.165, 1.54) is 14.2 Å². The molecule has 0 bridgehead atoms. The molecular formula is C8H16N4O4S. The lowest BCUT2D eigenvalue weighted by Gasteiger charge is -2.19. The number of hydrogen-bond acceptors (Lipinski definition) is 6. The number of hydrogen-bond donors (Lipinski definition) is 3. The van der Waals surface area contributed by atoms with Crippen LogP contribution in [0.5, 0.6) is 0 Å². The topological polar surface area (TPSA) is 104 Å². The minimum absolute atomic E-state index is 0.465. The second-order valence-corrected chi connectivity index (χ2v) is 3.55. The summed E-state index contributed by atoms with van der Waals surface area (Å²) in [4.78, 5) is 23.5. The Bertz CT molecular complexity index is 271. The zero-order valence-corrected chi connectivity index (χ0v) is 10.7. The fourth-order valence-electron chi connectivity index (χ4n) is 0.763. The molecule has 0 heterocycles. The third kappa shape index (κ3) is 5.41. The monoisotopic (exact) mass is 264 g/mol. The molecule has 0 aliphatic rings. The first-order chi connectivity index (χ1) is 8.08. The van der Waals surface area contributed by atoms with Crippen molar-refractivity contribution in [3.8, 4) is 0 Å². The van der Waals surface area contributed by atoms with Crippen molar-refractivity contribution >= 4 is 30.0 Å². The largest absolute Gasteiger partial charge is 0.468 e. The molecule has 4 amide bonds. The van der Waals surface area contributed by atoms with Crippen molar-refractivity contribution in [2.24, 2.45) is 0 Å². The molecule has 0 fully saturated rings. The zero-order chi connectivity index (χ0) is 13.3. The summed E-state index contributed by atoms with van der Waals surface area (Å²) >= 11 is 1.07. The molecule has 0 aliphatic carbocycles. The van der Waals surface area contributed by atoms with Gasteiger partial charge in [0.1, 0.15) is 0 Å². The predicted molar refractivity (Wildman–Crippen MR) is 63.9 cm³/mol. The van der Waals surface area contributed by atoms with Gasteiger partial charge in [0.15, 0.2) is 0 Å². The highest BCUT2D eigenvalue weighted by Crippen LogP contribution is 1.99. The lowest BCUT2D eigenvalue weighted by atomic mass is 10.7. The average molecular weight is 264 g/mol. The molecule has 0 saturated carbocycles. The maximum Gasteiger partial charge on any atom is 0.343 e. The Morgan fingerprint density at radius 3 is 2.47 bits per heavy atom. The average Bonchev–Trinajstić information content (AvgIpc) is 2.34. The highest BCUT2D eigenvalue weighted by molar-refractivity contribution is 7.97. The van der Waals surface area contributed by atoms with Crippen LogP contribution in [0.15, 0.2) is 0 Å². The predicted octanol–water partition coefficient (Wildman–Crippen LogP) is 0.213. The third-order valence-corrected chi connectivity index (χ3v) is 2.26. The van der Waals surface area contributed by atoms with E-state index < -0.39 is 18.1 Å². The summed E-state index contributed by atoms with van der Waals surface area (Å²) in [6, 6.07) is -2.06. The molecule has 0 radical (unpaired) electrons. The highest BCUT2D eigenvalue weighted by atomic mass is 32.2. The summed E-state index contributed by atoms with van der Waals surface area (Å²) in [5.41, 5.74) is 0. The van der Waals surface area contributed by atoms with E-state index in [1.54, 1.807) is 7.11 Å². The maximum absolute atomic E-state index is 11.6. The minimum Gasteiger partial charge on any atom is -0.468 e. The zero-order valence-electron chi connectivity index (χ0n) is 9.90. The summed E-state index contributed by atoms with van der Waals surface area (Å²) in [5, 5.41) is 9.56. The van der Waals surface area contributed by atoms with Gasteiger partial charge >= 0.3 is 18.1 Å². The van der Waals surface area contributed by atoms with Gasteiger partial charge in [0, 0.05) is 19.9 Å². The Labute approximate surface area is 104 Å². The molecule has 0 aromatic heterocycles. The van der Waals surface area contributed by atoms with Crippen LogP contribution in [0.4, 0.5) is 9.59 Å². The van der Waals surface area contributed by atoms with Gasteiger partial charge < -0.3 is 14.8 Å². The summed E-state index contributed by atoms with van der Waals surface area (Å²) in [5.74, 6) is 0.532. The van der Waals surface area contributed by atoms with Crippen molar-refractivity contribution in [2.75, 3.05) is 33.6 Å². The van der Waals surface area contributed by atoms with Crippen molar-refractivity contribution in [2.45, 2.75) is 0 Å². The van der Waals surface area contributed by atoms with E-state index in [9.17, 15) is 9.59 Å². The molecule has 9 heteroatoms. The number of nitrogens with one attached hydrogen (secondary N) is 3. The number of nitrogens with zero attached hydrogens (tertiary/aromatic N) is 1. The van der Waals surface area contributed by atoms with Crippen LogP contribution < -0.4 is 10.0 Å². The molecule has 0 atom stereocenters. The number of rotatable bonds is 4. The van der Waals surface area contributed by atoms with Gasteiger partial charge in [-0.3, -0.25) is 10.1 Å². The van der Waals surface area contributed by atoms with E-state index in [-0.39, 0.29) is 0 Å². The van der Waals surface area contributed by atoms with E-state index in [2.05, 4.69) is 14.8 Å². The SMILES string of the molecule is CNC(=O)N(C(=N)OC)C(=O)NSCCOC. The quantitative estimate of drug-likeness (QED) is 0.291. The Morgan fingerprint density at radius 1 is 1.35 bits per heavy atom. The smallest absolute Gasteiger partial charge is 0.343 e. The molecule has 17 heavy (non-hydrogen) atoms. The van der Waals surface area contributed by atoms with Crippen LogP contribution in [0, 0.1) is 5.41 Å². The fraction of sp³-hybridized carbons (Fsp3) is 0.625. The number of carbonyl (C=O) groups excluding carboxylic acids is 2. The van der Waals surface area contributed by atoms with Crippen molar-refractivity contribution < 1.29 is 19.1 Å². The summed E-state index contributed by atoms with van der Waals surface area (Å²) in [6.45, 7) is 0.465. The number of imide groups is 1. The molecule has 0 saturated heterocycles. The molecule has 98 valence electrons. The van der Waals surface area contributed by atoms with E-state index in [0.717, 1.165) is 11.9 Å². The number of ether oxygens (including phenoxy) is 2. The van der Waals surface area contributed by atoms with Crippen molar-refractivity contribution in [1.29, 1.82) is 5.41 Å². The fourth-order valence-corrected chi connectivity index (χ4v) is 1.33. The van der Waals surface area contributed by atoms with Gasteiger partial charge in [-0.05, 0) is 11.9 Å². The second kappa shape index (κ2) is 8.65. The molecule has 0 spiro atoms. The van der Waals surface area contributed by atoms with Crippen molar-refractivity contribution in [3.05, 3.63) is 0 Å². The van der Waals surface area contributed by atoms with Crippen LogP contribution in [-0.4, -0.2) is 56.6 Å². The van der Waals surface area contributed by atoms with Gasteiger partial charge in [-0.2, -0.15) is 4.90 Å². The van der Waals surface area contributed by atoms with Crippen molar-refractivity contribution in [3.63, 3.8) is 0 Å². The normalized spacial score (nSPS) is 9.35. The molecule has 0 aliphatic heterocycles. The van der Waals surface area contributed by atoms with Crippen LogP contribution in [0.2, 0.25) is 0 Å². The number of amidine groups is 1. The Kier molecular flexibility index (Phi) is 7.89. The summed E-state index contributed by atoms with van der Waals surface area (Å²) < 4.78 is 11.7. The van der Waals surface area contributed by atoms with Gasteiger partial charge in [0.2, 0.25) is 0 Å². The Morgan fingerprint density at radius 2 is 2.00 bits per heavy atom. The first kappa shape index (κ1) is 15.5.